The second-order valence-electron chi connectivity index (χ2n) is 4.35. The largest absolute Gasteiger partial charge is 0.399 e. The summed E-state index contributed by atoms with van der Waals surface area (Å²) in [6.07, 6.45) is 0. The third kappa shape index (κ3) is 2.34. The number of benzene rings is 1. The maximum atomic E-state index is 9.06. The number of aliphatic hydroxyl groups excluding tert-OH is 1. The van der Waals surface area contributed by atoms with E-state index in [1.54, 1.807) is 0 Å². The number of hydrogen-bond acceptors (Lipinski definition) is 4. The number of nitrogens with two attached hydrogens (primary N) is 1. The van der Waals surface area contributed by atoms with E-state index in [2.05, 4.69) is 23.8 Å². The van der Waals surface area contributed by atoms with Crippen molar-refractivity contribution in [2.75, 3.05) is 23.8 Å². The molecule has 0 atom stereocenters. The van der Waals surface area contributed by atoms with Crippen molar-refractivity contribution in [3.63, 3.8) is 0 Å². The summed E-state index contributed by atoms with van der Waals surface area (Å²) in [5.74, 6) is 0.773. The standard InChI is InChI=1S/C12H18N4O/c1-8(2)16(5-6-17)12-14-10-4-3-9(13)7-11(10)15-12/h3-4,7-8,17H,5-6,13H2,1-2H3,(H,14,15). The Morgan fingerprint density at radius 1 is 1.47 bits per heavy atom. The average Bonchev–Trinajstić information content (AvgIpc) is 2.67. The molecule has 92 valence electrons. The molecule has 0 aliphatic carbocycles. The lowest BCUT2D eigenvalue weighted by Crippen LogP contribution is -2.34. The molecule has 0 unspecified atom stereocenters. The van der Waals surface area contributed by atoms with Gasteiger partial charge in [-0.1, -0.05) is 0 Å². The fourth-order valence-corrected chi connectivity index (χ4v) is 1.87. The van der Waals surface area contributed by atoms with Crippen molar-refractivity contribution in [2.45, 2.75) is 19.9 Å². The maximum Gasteiger partial charge on any atom is 0.204 e. The normalized spacial score (nSPS) is 11.3. The number of rotatable bonds is 4. The molecule has 17 heavy (non-hydrogen) atoms. The van der Waals surface area contributed by atoms with Gasteiger partial charge >= 0.3 is 0 Å². The summed E-state index contributed by atoms with van der Waals surface area (Å²) in [5, 5.41) is 9.06. The van der Waals surface area contributed by atoms with Gasteiger partial charge in [0.05, 0.1) is 17.6 Å². The quantitative estimate of drug-likeness (QED) is 0.698. The minimum absolute atomic E-state index is 0.108. The number of anilines is 2. The van der Waals surface area contributed by atoms with Crippen molar-refractivity contribution >= 4 is 22.7 Å². The van der Waals surface area contributed by atoms with Gasteiger partial charge < -0.3 is 20.7 Å². The fraction of sp³-hybridized carbons (Fsp3) is 0.417. The summed E-state index contributed by atoms with van der Waals surface area (Å²) in [6.45, 7) is 4.80. The lowest BCUT2D eigenvalue weighted by Gasteiger charge is -2.24. The minimum Gasteiger partial charge on any atom is -0.399 e. The molecule has 1 heterocycles. The fourth-order valence-electron chi connectivity index (χ4n) is 1.87. The minimum atomic E-state index is 0.108. The molecule has 0 amide bonds. The SMILES string of the molecule is CC(C)N(CCO)c1nc2ccc(N)cc2[nH]1. The van der Waals surface area contributed by atoms with Crippen molar-refractivity contribution in [2.24, 2.45) is 0 Å². The van der Waals surface area contributed by atoms with E-state index >= 15 is 0 Å². The molecule has 0 bridgehead atoms. The molecule has 0 fully saturated rings. The van der Waals surface area contributed by atoms with E-state index in [4.69, 9.17) is 10.8 Å². The Kier molecular flexibility index (Phi) is 3.19. The molecule has 5 heteroatoms. The Bertz CT molecular complexity index is 506. The van der Waals surface area contributed by atoms with E-state index in [9.17, 15) is 0 Å². The van der Waals surface area contributed by atoms with Crippen LogP contribution in [0.1, 0.15) is 13.8 Å². The van der Waals surface area contributed by atoms with E-state index in [-0.39, 0.29) is 12.6 Å². The maximum absolute atomic E-state index is 9.06. The second-order valence-corrected chi connectivity index (χ2v) is 4.35. The number of aliphatic hydroxyl groups is 1. The van der Waals surface area contributed by atoms with Gasteiger partial charge in [0.25, 0.3) is 0 Å². The van der Waals surface area contributed by atoms with Gasteiger partial charge in [0.1, 0.15) is 0 Å². The Hall–Kier alpha value is -1.75. The molecular weight excluding hydrogens is 216 g/mol. The monoisotopic (exact) mass is 234 g/mol. The van der Waals surface area contributed by atoms with Gasteiger partial charge in [0.2, 0.25) is 5.95 Å². The number of nitrogens with one attached hydrogen (secondary N) is 1. The molecule has 0 spiro atoms. The smallest absolute Gasteiger partial charge is 0.204 e. The molecule has 1 aromatic carbocycles. The van der Waals surface area contributed by atoms with Gasteiger partial charge in [-0.15, -0.1) is 0 Å². The highest BCUT2D eigenvalue weighted by atomic mass is 16.3. The van der Waals surface area contributed by atoms with Crippen molar-refractivity contribution in [3.05, 3.63) is 18.2 Å². The first-order chi connectivity index (χ1) is 8.11. The van der Waals surface area contributed by atoms with Crippen LogP contribution >= 0.6 is 0 Å². The lowest BCUT2D eigenvalue weighted by molar-refractivity contribution is 0.298. The average molecular weight is 234 g/mol. The molecule has 5 nitrogen and oxygen atoms in total. The molecule has 2 aromatic rings. The summed E-state index contributed by atoms with van der Waals surface area (Å²) >= 11 is 0. The van der Waals surface area contributed by atoms with E-state index in [0.29, 0.717) is 12.2 Å². The van der Waals surface area contributed by atoms with Crippen molar-refractivity contribution in [3.8, 4) is 0 Å². The van der Waals surface area contributed by atoms with Gasteiger partial charge in [-0.05, 0) is 32.0 Å². The predicted octanol–water partition coefficient (Wildman–Crippen LogP) is 1.35. The first-order valence-electron chi connectivity index (χ1n) is 5.74. The molecule has 2 rings (SSSR count). The molecular formula is C12H18N4O. The number of hydrogen-bond donors (Lipinski definition) is 3. The Balaban J connectivity index is 2.40. The molecule has 0 radical (unpaired) electrons. The van der Waals surface area contributed by atoms with Crippen molar-refractivity contribution in [1.82, 2.24) is 9.97 Å². The number of H-pyrrole nitrogens is 1. The van der Waals surface area contributed by atoms with Crippen LogP contribution in [-0.4, -0.2) is 34.3 Å². The highest BCUT2D eigenvalue weighted by Gasteiger charge is 2.14. The van der Waals surface area contributed by atoms with Crippen LogP contribution in [0, 0.1) is 0 Å². The van der Waals surface area contributed by atoms with Gasteiger partial charge in [-0.25, -0.2) is 4.98 Å². The molecule has 1 aromatic heterocycles. The topological polar surface area (TPSA) is 78.2 Å². The Morgan fingerprint density at radius 2 is 2.24 bits per heavy atom. The lowest BCUT2D eigenvalue weighted by atomic mass is 10.3. The number of fused-ring (bicyclic) bond motifs is 1. The molecule has 0 saturated carbocycles. The van der Waals surface area contributed by atoms with Crippen LogP contribution in [0.5, 0.6) is 0 Å². The molecule has 0 aliphatic rings. The van der Waals surface area contributed by atoms with E-state index in [1.165, 1.54) is 0 Å². The summed E-state index contributed by atoms with van der Waals surface area (Å²) in [6, 6.07) is 5.87. The van der Waals surface area contributed by atoms with Gasteiger partial charge in [-0.2, -0.15) is 0 Å². The van der Waals surface area contributed by atoms with E-state index in [0.717, 1.165) is 17.0 Å². The first-order valence-corrected chi connectivity index (χ1v) is 5.74. The number of nitrogens with zero attached hydrogens (tertiary/aromatic N) is 2. The van der Waals surface area contributed by atoms with Gasteiger partial charge in [0, 0.05) is 18.3 Å². The van der Waals surface area contributed by atoms with E-state index in [1.807, 2.05) is 23.1 Å². The van der Waals surface area contributed by atoms with Crippen LogP contribution in [-0.2, 0) is 0 Å². The zero-order valence-corrected chi connectivity index (χ0v) is 10.1. The molecule has 0 saturated heterocycles. The zero-order valence-electron chi connectivity index (χ0n) is 10.1. The van der Waals surface area contributed by atoms with Crippen molar-refractivity contribution in [1.29, 1.82) is 0 Å². The summed E-state index contributed by atoms with van der Waals surface area (Å²) in [5.41, 5.74) is 8.25. The van der Waals surface area contributed by atoms with Crippen LogP contribution in [0.15, 0.2) is 18.2 Å². The first kappa shape index (κ1) is 11.7. The summed E-state index contributed by atoms with van der Waals surface area (Å²) in [7, 11) is 0. The predicted molar refractivity (Wildman–Crippen MR) is 70.1 cm³/mol. The summed E-state index contributed by atoms with van der Waals surface area (Å²) < 4.78 is 0. The third-order valence-electron chi connectivity index (χ3n) is 2.73. The highest BCUT2D eigenvalue weighted by molar-refractivity contribution is 5.80. The number of aromatic amines is 1. The molecule has 0 aliphatic heterocycles. The zero-order chi connectivity index (χ0) is 12.4. The van der Waals surface area contributed by atoms with Crippen LogP contribution in [0.2, 0.25) is 0 Å². The Morgan fingerprint density at radius 3 is 2.88 bits per heavy atom. The number of nitrogen functional groups attached to an aromatic ring is 1. The van der Waals surface area contributed by atoms with Crippen LogP contribution < -0.4 is 10.6 Å². The summed E-state index contributed by atoms with van der Waals surface area (Å²) in [4.78, 5) is 9.75. The van der Waals surface area contributed by atoms with Crippen LogP contribution in [0.4, 0.5) is 11.6 Å². The number of aromatic nitrogens is 2. The van der Waals surface area contributed by atoms with Crippen LogP contribution in [0.25, 0.3) is 11.0 Å². The third-order valence-corrected chi connectivity index (χ3v) is 2.73. The number of imidazole rings is 1. The molecule has 4 N–H and O–H groups in total. The van der Waals surface area contributed by atoms with Gasteiger partial charge in [-0.3, -0.25) is 0 Å². The van der Waals surface area contributed by atoms with Crippen LogP contribution in [0.3, 0.4) is 0 Å². The Labute approximate surface area is 100 Å². The highest BCUT2D eigenvalue weighted by Crippen LogP contribution is 2.20. The van der Waals surface area contributed by atoms with Gasteiger partial charge in [0.15, 0.2) is 0 Å². The second kappa shape index (κ2) is 4.63. The van der Waals surface area contributed by atoms with E-state index < -0.39 is 0 Å². The van der Waals surface area contributed by atoms with Crippen molar-refractivity contribution < 1.29 is 5.11 Å².